The first-order chi connectivity index (χ1) is 10.0. The van der Waals surface area contributed by atoms with Gasteiger partial charge in [0.1, 0.15) is 0 Å². The summed E-state index contributed by atoms with van der Waals surface area (Å²) in [4.78, 5) is 12.2. The Hall–Kier alpha value is -1.67. The van der Waals surface area contributed by atoms with E-state index < -0.39 is 13.0 Å². The Kier molecular flexibility index (Phi) is 3.82. The number of fused-ring (bicyclic) bond motifs is 1. The van der Waals surface area contributed by atoms with E-state index in [0.717, 1.165) is 5.56 Å². The van der Waals surface area contributed by atoms with Gasteiger partial charge in [-0.2, -0.15) is 0 Å². The Morgan fingerprint density at radius 1 is 1.33 bits per heavy atom. The Morgan fingerprint density at radius 2 is 2.14 bits per heavy atom. The van der Waals surface area contributed by atoms with Gasteiger partial charge in [-0.3, -0.25) is 4.79 Å². The van der Waals surface area contributed by atoms with Gasteiger partial charge >= 0.3 is 7.12 Å². The molecule has 1 aromatic carbocycles. The summed E-state index contributed by atoms with van der Waals surface area (Å²) in [7, 11) is -0.975. The molecule has 0 unspecified atom stereocenters. The van der Waals surface area contributed by atoms with Gasteiger partial charge in [0.05, 0.1) is 12.2 Å². The molecule has 0 bridgehead atoms. The average molecular weight is 324 g/mol. The zero-order valence-corrected chi connectivity index (χ0v) is 12.0. The maximum Gasteiger partial charge on any atom is 0.491 e. The fourth-order valence-electron chi connectivity index (χ4n) is 2.00. The summed E-state index contributed by atoms with van der Waals surface area (Å²) >= 11 is 11.5. The molecule has 0 spiro atoms. The van der Waals surface area contributed by atoms with E-state index in [1.54, 1.807) is 18.2 Å². The summed E-state index contributed by atoms with van der Waals surface area (Å²) in [5, 5.41) is 19.5. The first-order valence-electron chi connectivity index (χ1n) is 5.97. The van der Waals surface area contributed by atoms with Crippen LogP contribution in [0.2, 0.25) is 10.3 Å². The summed E-state index contributed by atoms with van der Waals surface area (Å²) in [5.41, 5.74) is 2.14. The summed E-state index contributed by atoms with van der Waals surface area (Å²) in [6.45, 7) is 0.348. The topological polar surface area (TPSA) is 84.3 Å². The maximum absolute atomic E-state index is 12.2. The molecule has 2 N–H and O–H groups in total. The molecular formula is C12H8BCl2N3O3. The second-order valence-corrected chi connectivity index (χ2v) is 5.15. The molecule has 0 radical (unpaired) electrons. The van der Waals surface area contributed by atoms with E-state index in [-0.39, 0.29) is 15.9 Å². The lowest BCUT2D eigenvalue weighted by Gasteiger charge is -2.08. The fourth-order valence-corrected chi connectivity index (χ4v) is 2.33. The van der Waals surface area contributed by atoms with Gasteiger partial charge < -0.3 is 15.0 Å². The van der Waals surface area contributed by atoms with Crippen molar-refractivity contribution in [1.82, 2.24) is 10.2 Å². The van der Waals surface area contributed by atoms with Gasteiger partial charge in [-0.1, -0.05) is 29.3 Å². The van der Waals surface area contributed by atoms with Crippen LogP contribution in [-0.2, 0) is 11.3 Å². The first kappa shape index (κ1) is 14.3. The van der Waals surface area contributed by atoms with Gasteiger partial charge in [0, 0.05) is 5.69 Å². The van der Waals surface area contributed by atoms with E-state index >= 15 is 0 Å². The number of aromatic nitrogens is 2. The summed E-state index contributed by atoms with van der Waals surface area (Å²) in [5.74, 6) is -0.467. The summed E-state index contributed by atoms with van der Waals surface area (Å²) in [6, 6.07) is 6.47. The number of carbonyl (C=O) groups is 1. The van der Waals surface area contributed by atoms with E-state index in [1.807, 2.05) is 0 Å². The predicted molar refractivity (Wildman–Crippen MR) is 78.8 cm³/mol. The molecule has 0 atom stereocenters. The Balaban J connectivity index is 1.85. The molecule has 0 saturated carbocycles. The number of hydrogen-bond donors (Lipinski definition) is 2. The number of nitrogens with one attached hydrogen (secondary N) is 1. The van der Waals surface area contributed by atoms with Crippen LogP contribution >= 0.6 is 23.2 Å². The van der Waals surface area contributed by atoms with Crippen molar-refractivity contribution in [3.63, 3.8) is 0 Å². The molecule has 6 nitrogen and oxygen atoms in total. The number of rotatable bonds is 2. The van der Waals surface area contributed by atoms with Crippen LogP contribution in [0.4, 0.5) is 5.69 Å². The number of carbonyl (C=O) groups excluding carboxylic acids is 1. The lowest BCUT2D eigenvalue weighted by Crippen LogP contribution is -2.28. The second-order valence-electron chi connectivity index (χ2n) is 4.40. The van der Waals surface area contributed by atoms with Crippen molar-refractivity contribution >= 4 is 47.4 Å². The van der Waals surface area contributed by atoms with Crippen molar-refractivity contribution in [1.29, 1.82) is 0 Å². The molecule has 1 amide bonds. The minimum absolute atomic E-state index is 0.0403. The van der Waals surface area contributed by atoms with Crippen LogP contribution in [0.15, 0.2) is 24.3 Å². The third-order valence-electron chi connectivity index (χ3n) is 3.03. The number of halogens is 2. The summed E-state index contributed by atoms with van der Waals surface area (Å²) < 4.78 is 5.09. The van der Waals surface area contributed by atoms with Gasteiger partial charge in [-0.05, 0) is 29.2 Å². The van der Waals surface area contributed by atoms with Crippen molar-refractivity contribution in [2.45, 2.75) is 6.61 Å². The normalized spacial score (nSPS) is 13.2. The largest absolute Gasteiger partial charge is 0.491 e. The van der Waals surface area contributed by atoms with Crippen molar-refractivity contribution in [2.24, 2.45) is 0 Å². The minimum Gasteiger partial charge on any atom is -0.423 e. The molecule has 21 heavy (non-hydrogen) atoms. The van der Waals surface area contributed by atoms with E-state index in [2.05, 4.69) is 15.5 Å². The fraction of sp³-hybridized carbons (Fsp3) is 0.0833. The average Bonchev–Trinajstić information content (AvgIpc) is 2.83. The zero-order valence-electron chi connectivity index (χ0n) is 10.5. The molecule has 106 valence electrons. The highest BCUT2D eigenvalue weighted by molar-refractivity contribution is 6.61. The lowest BCUT2D eigenvalue weighted by molar-refractivity contribution is 0.102. The van der Waals surface area contributed by atoms with E-state index in [1.165, 1.54) is 6.07 Å². The van der Waals surface area contributed by atoms with Crippen molar-refractivity contribution in [2.75, 3.05) is 5.32 Å². The number of amides is 1. The zero-order chi connectivity index (χ0) is 15.0. The molecule has 9 heteroatoms. The monoisotopic (exact) mass is 323 g/mol. The van der Waals surface area contributed by atoms with Gasteiger partial charge in [-0.15, -0.1) is 10.2 Å². The number of benzene rings is 1. The van der Waals surface area contributed by atoms with Crippen molar-refractivity contribution in [3.8, 4) is 0 Å². The van der Waals surface area contributed by atoms with Gasteiger partial charge in [0.15, 0.2) is 10.3 Å². The number of nitrogens with zero attached hydrogens (tertiary/aromatic N) is 2. The highest BCUT2D eigenvalue weighted by Crippen LogP contribution is 2.19. The van der Waals surface area contributed by atoms with Crippen molar-refractivity contribution < 1.29 is 14.5 Å². The third-order valence-corrected chi connectivity index (χ3v) is 3.49. The predicted octanol–water partition coefficient (Wildman–Crippen LogP) is 1.25. The van der Waals surface area contributed by atoms with Gasteiger partial charge in [0.2, 0.25) is 0 Å². The van der Waals surface area contributed by atoms with Crippen LogP contribution in [0.3, 0.4) is 0 Å². The highest BCUT2D eigenvalue weighted by Gasteiger charge is 2.27. The van der Waals surface area contributed by atoms with Crippen molar-refractivity contribution in [3.05, 3.63) is 45.7 Å². The van der Waals surface area contributed by atoms with Crippen LogP contribution in [0.1, 0.15) is 15.9 Å². The van der Waals surface area contributed by atoms with E-state index in [4.69, 9.17) is 27.9 Å². The van der Waals surface area contributed by atoms with Crippen LogP contribution in [0.5, 0.6) is 0 Å². The molecule has 2 aromatic rings. The summed E-state index contributed by atoms with van der Waals surface area (Å²) in [6.07, 6.45) is 0. The van der Waals surface area contributed by atoms with E-state index in [9.17, 15) is 9.82 Å². The standard InChI is InChI=1S/C12H8BCl2N3O3/c14-10-4-8(11(15)18-17-10)12(19)16-7-2-1-6-5-21-13(20)9(6)3-7/h1-4,20H,5H2,(H,16,19). The Morgan fingerprint density at radius 3 is 2.95 bits per heavy atom. The quantitative estimate of drug-likeness (QED) is 0.813. The molecule has 1 aromatic heterocycles. The molecule has 3 rings (SSSR count). The molecule has 0 fully saturated rings. The molecule has 1 aliphatic rings. The first-order valence-corrected chi connectivity index (χ1v) is 6.73. The Labute approximate surface area is 130 Å². The third kappa shape index (κ3) is 2.86. The molecule has 2 heterocycles. The highest BCUT2D eigenvalue weighted by atomic mass is 35.5. The molecule has 0 saturated heterocycles. The SMILES string of the molecule is O=C(Nc1ccc2c(c1)B(O)OC2)c1cc(Cl)nnc1Cl. The molecular weight excluding hydrogens is 316 g/mol. The van der Waals surface area contributed by atoms with Gasteiger partial charge in [-0.25, -0.2) is 0 Å². The molecule has 0 aliphatic carbocycles. The molecule has 1 aliphatic heterocycles. The van der Waals surface area contributed by atoms with E-state index in [0.29, 0.717) is 17.8 Å². The maximum atomic E-state index is 12.2. The van der Waals surface area contributed by atoms with Crippen LogP contribution in [-0.4, -0.2) is 28.2 Å². The minimum atomic E-state index is -0.975. The van der Waals surface area contributed by atoms with Crippen LogP contribution in [0, 0.1) is 0 Å². The lowest BCUT2D eigenvalue weighted by atomic mass is 9.79. The number of anilines is 1. The van der Waals surface area contributed by atoms with Crippen LogP contribution < -0.4 is 10.8 Å². The Bertz CT molecular complexity index is 729. The van der Waals surface area contributed by atoms with Crippen LogP contribution in [0.25, 0.3) is 0 Å². The van der Waals surface area contributed by atoms with Gasteiger partial charge in [0.25, 0.3) is 5.91 Å². The smallest absolute Gasteiger partial charge is 0.423 e. The number of hydrogen-bond acceptors (Lipinski definition) is 5. The second kappa shape index (κ2) is 5.61.